The number of carboxylic acids is 1. The summed E-state index contributed by atoms with van der Waals surface area (Å²) < 4.78 is 0. The number of aliphatic carboxylic acids is 1. The van der Waals surface area contributed by atoms with Crippen LogP contribution in [0.2, 0.25) is 0 Å². The maximum absolute atomic E-state index is 12.0. The number of carbonyl (C=O) groups is 2. The molecule has 1 fully saturated rings. The fraction of sp³-hybridized carbons (Fsp3) is 0.857. The predicted molar refractivity (Wildman–Crippen MR) is 74.1 cm³/mol. The molecule has 1 heterocycles. The Balaban J connectivity index is 2.33. The van der Waals surface area contributed by atoms with Crippen molar-refractivity contribution in [2.75, 3.05) is 19.6 Å². The Labute approximate surface area is 115 Å². The van der Waals surface area contributed by atoms with Crippen molar-refractivity contribution in [3.8, 4) is 0 Å². The van der Waals surface area contributed by atoms with Gasteiger partial charge in [0.15, 0.2) is 0 Å². The molecule has 0 aromatic heterocycles. The summed E-state index contributed by atoms with van der Waals surface area (Å²) in [5.41, 5.74) is 0. The van der Waals surface area contributed by atoms with Crippen LogP contribution in [0.1, 0.15) is 51.9 Å². The lowest BCUT2D eigenvalue weighted by Crippen LogP contribution is -2.43. The topological polar surface area (TPSA) is 69.6 Å². The van der Waals surface area contributed by atoms with E-state index in [1.165, 1.54) is 19.3 Å². The fourth-order valence-corrected chi connectivity index (χ4v) is 2.40. The molecular formula is C14H26N2O3. The average molecular weight is 270 g/mol. The molecule has 1 saturated heterocycles. The van der Waals surface area contributed by atoms with E-state index in [4.69, 9.17) is 5.11 Å². The van der Waals surface area contributed by atoms with E-state index in [0.29, 0.717) is 6.54 Å². The zero-order valence-electron chi connectivity index (χ0n) is 11.9. The van der Waals surface area contributed by atoms with Gasteiger partial charge >= 0.3 is 12.0 Å². The van der Waals surface area contributed by atoms with Crippen LogP contribution >= 0.6 is 0 Å². The number of hydrogen-bond donors (Lipinski definition) is 2. The molecule has 110 valence electrons. The van der Waals surface area contributed by atoms with Crippen molar-refractivity contribution < 1.29 is 14.7 Å². The zero-order chi connectivity index (χ0) is 14.1. The van der Waals surface area contributed by atoms with Gasteiger partial charge in [-0.05, 0) is 18.8 Å². The minimum Gasteiger partial charge on any atom is -0.481 e. The highest BCUT2D eigenvalue weighted by molar-refractivity contribution is 5.74. The second kappa shape index (κ2) is 8.77. The van der Waals surface area contributed by atoms with E-state index in [1.807, 2.05) is 11.8 Å². The summed E-state index contributed by atoms with van der Waals surface area (Å²) in [6, 6.07) is -0.0364. The van der Waals surface area contributed by atoms with Gasteiger partial charge in [-0.3, -0.25) is 4.79 Å². The summed E-state index contributed by atoms with van der Waals surface area (Å²) >= 11 is 0. The van der Waals surface area contributed by atoms with Gasteiger partial charge in [0, 0.05) is 26.1 Å². The molecule has 1 unspecified atom stereocenters. The molecule has 2 N–H and O–H groups in total. The molecule has 1 rings (SSSR count). The highest BCUT2D eigenvalue weighted by Crippen LogP contribution is 2.11. The van der Waals surface area contributed by atoms with Gasteiger partial charge < -0.3 is 15.3 Å². The van der Waals surface area contributed by atoms with E-state index in [2.05, 4.69) is 5.32 Å². The summed E-state index contributed by atoms with van der Waals surface area (Å²) in [7, 11) is 0. The predicted octanol–water partition coefficient (Wildman–Crippen LogP) is 2.46. The molecule has 5 nitrogen and oxygen atoms in total. The molecule has 1 aliphatic rings. The Hall–Kier alpha value is -1.26. The molecule has 0 aliphatic carbocycles. The Morgan fingerprint density at radius 2 is 1.74 bits per heavy atom. The van der Waals surface area contributed by atoms with Crippen molar-refractivity contribution >= 4 is 12.0 Å². The fourth-order valence-electron chi connectivity index (χ4n) is 2.40. The minimum atomic E-state index is -0.799. The standard InChI is InChI=1S/C14H26N2O3/c1-2-12(10-13(17)18)11-15-14(19)16-8-6-4-3-5-7-9-16/h12H,2-11H2,1H3,(H,15,19)(H,17,18). The van der Waals surface area contributed by atoms with Crippen molar-refractivity contribution in [1.82, 2.24) is 10.2 Å². The van der Waals surface area contributed by atoms with E-state index in [-0.39, 0.29) is 18.4 Å². The number of urea groups is 1. The molecule has 1 atom stereocenters. The van der Waals surface area contributed by atoms with Crippen LogP contribution < -0.4 is 5.32 Å². The monoisotopic (exact) mass is 270 g/mol. The van der Waals surface area contributed by atoms with E-state index < -0.39 is 5.97 Å². The third-order valence-corrected chi connectivity index (χ3v) is 3.73. The Morgan fingerprint density at radius 1 is 1.16 bits per heavy atom. The van der Waals surface area contributed by atoms with Crippen molar-refractivity contribution in [3.63, 3.8) is 0 Å². The van der Waals surface area contributed by atoms with Crippen LogP contribution in [0.5, 0.6) is 0 Å². The SMILES string of the molecule is CCC(CNC(=O)N1CCCCCCC1)CC(=O)O. The molecule has 1 aliphatic heterocycles. The smallest absolute Gasteiger partial charge is 0.317 e. The first-order chi connectivity index (χ1) is 9.13. The summed E-state index contributed by atoms with van der Waals surface area (Å²) in [5, 5.41) is 11.7. The number of nitrogens with zero attached hydrogens (tertiary/aromatic N) is 1. The maximum Gasteiger partial charge on any atom is 0.317 e. The second-order valence-corrected chi connectivity index (χ2v) is 5.31. The third-order valence-electron chi connectivity index (χ3n) is 3.73. The van der Waals surface area contributed by atoms with E-state index in [1.54, 1.807) is 0 Å². The summed E-state index contributed by atoms with van der Waals surface area (Å²) in [4.78, 5) is 24.6. The molecule has 19 heavy (non-hydrogen) atoms. The number of nitrogens with one attached hydrogen (secondary N) is 1. The Morgan fingerprint density at radius 3 is 2.26 bits per heavy atom. The molecule has 5 heteroatoms. The minimum absolute atomic E-state index is 0.0243. The largest absolute Gasteiger partial charge is 0.481 e. The lowest BCUT2D eigenvalue weighted by Gasteiger charge is -2.26. The zero-order valence-corrected chi connectivity index (χ0v) is 11.9. The van der Waals surface area contributed by atoms with Gasteiger partial charge in [-0.1, -0.05) is 32.6 Å². The first kappa shape index (κ1) is 15.8. The van der Waals surface area contributed by atoms with Crippen molar-refractivity contribution in [1.29, 1.82) is 0 Å². The van der Waals surface area contributed by atoms with E-state index in [0.717, 1.165) is 32.4 Å². The van der Waals surface area contributed by atoms with Crippen LogP contribution in [0.15, 0.2) is 0 Å². The van der Waals surface area contributed by atoms with Crippen molar-refractivity contribution in [3.05, 3.63) is 0 Å². The molecule has 0 spiro atoms. The highest BCUT2D eigenvalue weighted by Gasteiger charge is 2.17. The third kappa shape index (κ3) is 6.45. The number of rotatable bonds is 5. The molecule has 0 saturated carbocycles. The normalized spacial score (nSPS) is 18.3. The average Bonchev–Trinajstić information content (AvgIpc) is 2.33. The Kier molecular flexibility index (Phi) is 7.30. The quantitative estimate of drug-likeness (QED) is 0.806. The molecule has 0 aromatic rings. The van der Waals surface area contributed by atoms with Gasteiger partial charge in [0.2, 0.25) is 0 Å². The van der Waals surface area contributed by atoms with Crippen LogP contribution in [0.4, 0.5) is 4.79 Å². The maximum atomic E-state index is 12.0. The van der Waals surface area contributed by atoms with Crippen molar-refractivity contribution in [2.45, 2.75) is 51.9 Å². The molecular weight excluding hydrogens is 244 g/mol. The van der Waals surface area contributed by atoms with Crippen LogP contribution in [-0.4, -0.2) is 41.6 Å². The van der Waals surface area contributed by atoms with Gasteiger partial charge in [0.05, 0.1) is 0 Å². The number of likely N-dealkylation sites (tertiary alicyclic amines) is 1. The van der Waals surface area contributed by atoms with Crippen LogP contribution in [-0.2, 0) is 4.79 Å². The van der Waals surface area contributed by atoms with Crippen LogP contribution in [0.3, 0.4) is 0 Å². The second-order valence-electron chi connectivity index (χ2n) is 5.31. The molecule has 2 amide bonds. The number of carboxylic acid groups (broad SMARTS) is 1. The summed E-state index contributed by atoms with van der Waals surface area (Å²) in [5.74, 6) is -0.774. The van der Waals surface area contributed by atoms with Gasteiger partial charge in [0.1, 0.15) is 0 Å². The van der Waals surface area contributed by atoms with Crippen LogP contribution in [0, 0.1) is 5.92 Å². The number of hydrogen-bond acceptors (Lipinski definition) is 2. The highest BCUT2D eigenvalue weighted by atomic mass is 16.4. The molecule has 0 aromatic carbocycles. The van der Waals surface area contributed by atoms with Gasteiger partial charge in [0.25, 0.3) is 0 Å². The lowest BCUT2D eigenvalue weighted by molar-refractivity contribution is -0.138. The van der Waals surface area contributed by atoms with Gasteiger partial charge in [-0.25, -0.2) is 4.79 Å². The number of amides is 2. The van der Waals surface area contributed by atoms with E-state index in [9.17, 15) is 9.59 Å². The summed E-state index contributed by atoms with van der Waals surface area (Å²) in [6.07, 6.45) is 6.69. The number of carbonyl (C=O) groups excluding carboxylic acids is 1. The van der Waals surface area contributed by atoms with Gasteiger partial charge in [-0.2, -0.15) is 0 Å². The summed E-state index contributed by atoms with van der Waals surface area (Å²) in [6.45, 7) is 4.05. The van der Waals surface area contributed by atoms with Crippen molar-refractivity contribution in [2.24, 2.45) is 5.92 Å². The first-order valence-corrected chi connectivity index (χ1v) is 7.38. The molecule has 0 bridgehead atoms. The molecule has 0 radical (unpaired) electrons. The first-order valence-electron chi connectivity index (χ1n) is 7.38. The Bertz CT molecular complexity index is 286. The van der Waals surface area contributed by atoms with E-state index >= 15 is 0 Å². The van der Waals surface area contributed by atoms with Crippen LogP contribution in [0.25, 0.3) is 0 Å². The lowest BCUT2D eigenvalue weighted by atomic mass is 10.0. The van der Waals surface area contributed by atoms with Gasteiger partial charge in [-0.15, -0.1) is 0 Å².